The molecule has 13 nitrogen and oxygen atoms in total. The Bertz CT molecular complexity index is 1160. The van der Waals surface area contributed by atoms with Gasteiger partial charge >= 0.3 is 12.1 Å². The topological polar surface area (TPSA) is 172 Å². The monoisotopic (exact) mass is 574 g/mol. The van der Waals surface area contributed by atoms with Gasteiger partial charge in [0.15, 0.2) is 0 Å². The van der Waals surface area contributed by atoms with Crippen molar-refractivity contribution in [1.82, 2.24) is 30.8 Å². The Labute approximate surface area is 237 Å². The molecule has 1 fully saturated rings. The van der Waals surface area contributed by atoms with E-state index in [4.69, 9.17) is 9.47 Å². The maximum Gasteiger partial charge on any atom is 0.408 e. The van der Waals surface area contributed by atoms with Gasteiger partial charge in [-0.15, -0.1) is 0 Å². The predicted molar refractivity (Wildman–Crippen MR) is 146 cm³/mol. The van der Waals surface area contributed by atoms with Crippen molar-refractivity contribution >= 4 is 42.4 Å². The second-order valence-corrected chi connectivity index (χ2v) is 9.59. The van der Waals surface area contributed by atoms with E-state index in [1.165, 1.54) is 31.5 Å². The molecule has 0 spiro atoms. The lowest BCUT2D eigenvalue weighted by molar-refractivity contribution is -0.146. The molecule has 14 heteroatoms. The number of esters is 1. The molecule has 1 saturated heterocycles. The molecule has 1 aliphatic rings. The normalized spacial score (nSPS) is 16.8. The number of likely N-dealkylation sites (tertiary alicyclic amines) is 1. The van der Waals surface area contributed by atoms with Crippen molar-refractivity contribution in [3.63, 3.8) is 0 Å². The summed E-state index contributed by atoms with van der Waals surface area (Å²) in [5.74, 6) is -2.27. The van der Waals surface area contributed by atoms with E-state index in [1.54, 1.807) is 12.1 Å². The van der Waals surface area contributed by atoms with Crippen LogP contribution in [0.5, 0.6) is 0 Å². The van der Waals surface area contributed by atoms with E-state index in [0.29, 0.717) is 25.1 Å². The van der Waals surface area contributed by atoms with E-state index in [9.17, 15) is 24.0 Å². The van der Waals surface area contributed by atoms with E-state index in [2.05, 4.69) is 38.5 Å². The number of rotatable bonds is 12. The van der Waals surface area contributed by atoms with Crippen LogP contribution in [0.4, 0.5) is 4.79 Å². The number of hydrogen-bond acceptors (Lipinski definition) is 9. The minimum absolute atomic E-state index is 0.0274. The second kappa shape index (κ2) is 14.9. The molecular formula is C26H34N6O7S. The summed E-state index contributed by atoms with van der Waals surface area (Å²) in [6.07, 6.45) is 3.29. The van der Waals surface area contributed by atoms with E-state index >= 15 is 0 Å². The van der Waals surface area contributed by atoms with Gasteiger partial charge in [-0.3, -0.25) is 14.4 Å². The van der Waals surface area contributed by atoms with Crippen molar-refractivity contribution in [1.29, 1.82) is 0 Å². The number of hydrogen-bond donors (Lipinski definition) is 5. The lowest BCUT2D eigenvalue weighted by Crippen LogP contribution is -2.57. The Morgan fingerprint density at radius 1 is 1.12 bits per heavy atom. The first-order valence-electron chi connectivity index (χ1n) is 12.8. The van der Waals surface area contributed by atoms with Gasteiger partial charge in [0, 0.05) is 30.6 Å². The Kier molecular flexibility index (Phi) is 11.4. The molecule has 1 aromatic carbocycles. The Morgan fingerprint density at radius 2 is 1.88 bits per heavy atom. The SMILES string of the molecule is COC(=O)C(Cc1cnc[nH]1)NC(=O)C1CCCN1C(=O)C(C)NC(=O)C(CS)NC(=O)OCc1ccccc1. The van der Waals surface area contributed by atoms with Gasteiger partial charge in [0.05, 0.1) is 13.4 Å². The molecule has 216 valence electrons. The first-order valence-corrected chi connectivity index (χ1v) is 13.4. The summed E-state index contributed by atoms with van der Waals surface area (Å²) in [7, 11) is 1.22. The maximum absolute atomic E-state index is 13.2. The van der Waals surface area contributed by atoms with Crippen LogP contribution in [0.2, 0.25) is 0 Å². The summed E-state index contributed by atoms with van der Waals surface area (Å²) in [5, 5.41) is 7.69. The standard InChI is InChI=1S/C26H34N6O7S/c1-16(29-22(33)20(14-40)31-26(37)39-13-17-7-4-3-5-8-17)24(35)32-10-6-9-21(32)23(34)30-19(25(36)38-2)11-18-12-27-15-28-18/h3-5,7-8,12,15-16,19-21,40H,6,9-11,13-14H2,1-2H3,(H,27,28)(H,29,33)(H,30,34)(H,31,37). The summed E-state index contributed by atoms with van der Waals surface area (Å²) in [6.45, 7) is 1.83. The van der Waals surface area contributed by atoms with Crippen LogP contribution in [0, 0.1) is 0 Å². The van der Waals surface area contributed by atoms with E-state index < -0.39 is 54.0 Å². The molecule has 4 amide bonds. The number of aromatic nitrogens is 2. The molecular weight excluding hydrogens is 540 g/mol. The summed E-state index contributed by atoms with van der Waals surface area (Å²) in [5.41, 5.74) is 1.41. The molecule has 0 bridgehead atoms. The molecule has 4 N–H and O–H groups in total. The van der Waals surface area contributed by atoms with Crippen LogP contribution in [0.15, 0.2) is 42.9 Å². The van der Waals surface area contributed by atoms with Gasteiger partial charge < -0.3 is 35.3 Å². The number of imidazole rings is 1. The molecule has 0 radical (unpaired) electrons. The highest BCUT2D eigenvalue weighted by Gasteiger charge is 2.38. The predicted octanol–water partition coefficient (Wildman–Crippen LogP) is 0.331. The molecule has 1 aromatic heterocycles. The lowest BCUT2D eigenvalue weighted by atomic mass is 10.1. The minimum atomic E-state index is -1.05. The van der Waals surface area contributed by atoms with Gasteiger partial charge in [-0.25, -0.2) is 14.6 Å². The van der Waals surface area contributed by atoms with Crippen LogP contribution in [0.25, 0.3) is 0 Å². The number of alkyl carbamates (subject to hydrolysis) is 1. The number of nitrogens with zero attached hydrogens (tertiary/aromatic N) is 2. The van der Waals surface area contributed by atoms with Crippen molar-refractivity contribution in [2.45, 2.75) is 57.0 Å². The first-order chi connectivity index (χ1) is 19.2. The van der Waals surface area contributed by atoms with Crippen LogP contribution in [-0.4, -0.2) is 88.2 Å². The number of carbonyl (C=O) groups is 5. The van der Waals surface area contributed by atoms with Crippen LogP contribution in [0.1, 0.15) is 31.0 Å². The lowest BCUT2D eigenvalue weighted by Gasteiger charge is -2.29. The summed E-state index contributed by atoms with van der Waals surface area (Å²) in [4.78, 5) is 71.7. The molecule has 2 heterocycles. The molecule has 4 atom stereocenters. The largest absolute Gasteiger partial charge is 0.467 e. The number of thiol groups is 1. The van der Waals surface area contributed by atoms with E-state index in [0.717, 1.165) is 5.56 Å². The highest BCUT2D eigenvalue weighted by Crippen LogP contribution is 2.19. The Morgan fingerprint density at radius 3 is 2.52 bits per heavy atom. The number of H-pyrrole nitrogens is 1. The fraction of sp³-hybridized carbons (Fsp3) is 0.462. The fourth-order valence-electron chi connectivity index (χ4n) is 4.25. The van der Waals surface area contributed by atoms with Gasteiger partial charge in [0.2, 0.25) is 17.7 Å². The fourth-order valence-corrected chi connectivity index (χ4v) is 4.51. The van der Waals surface area contributed by atoms with Crippen LogP contribution >= 0.6 is 12.6 Å². The molecule has 4 unspecified atom stereocenters. The Hall–Kier alpha value is -4.07. The maximum atomic E-state index is 13.2. The van der Waals surface area contributed by atoms with Crippen molar-refractivity contribution in [3.05, 3.63) is 54.1 Å². The van der Waals surface area contributed by atoms with Gasteiger partial charge in [0.1, 0.15) is 30.8 Å². The van der Waals surface area contributed by atoms with E-state index in [1.807, 2.05) is 18.2 Å². The molecule has 3 rings (SSSR count). The number of methoxy groups -OCH3 is 1. The van der Waals surface area contributed by atoms with Crippen LogP contribution in [0.3, 0.4) is 0 Å². The Balaban J connectivity index is 1.54. The average Bonchev–Trinajstić information content (AvgIpc) is 3.66. The smallest absolute Gasteiger partial charge is 0.408 e. The first kappa shape index (κ1) is 30.5. The second-order valence-electron chi connectivity index (χ2n) is 9.23. The number of nitrogens with one attached hydrogen (secondary N) is 4. The third-order valence-corrected chi connectivity index (χ3v) is 6.72. The third-order valence-electron chi connectivity index (χ3n) is 6.35. The van der Waals surface area contributed by atoms with Crippen molar-refractivity contribution < 1.29 is 33.4 Å². The zero-order valence-corrected chi connectivity index (χ0v) is 23.2. The number of amides is 4. The molecule has 1 aliphatic heterocycles. The van der Waals surface area contributed by atoms with Gasteiger partial charge in [0.25, 0.3) is 0 Å². The highest BCUT2D eigenvalue weighted by molar-refractivity contribution is 7.80. The number of aromatic amines is 1. The van der Waals surface area contributed by atoms with Crippen molar-refractivity contribution in [3.8, 4) is 0 Å². The molecule has 2 aromatic rings. The van der Waals surface area contributed by atoms with Gasteiger partial charge in [-0.1, -0.05) is 30.3 Å². The number of carbonyl (C=O) groups excluding carboxylic acids is 5. The molecule has 0 aliphatic carbocycles. The van der Waals surface area contributed by atoms with Gasteiger partial charge in [-0.2, -0.15) is 12.6 Å². The third kappa shape index (κ3) is 8.46. The number of ether oxygens (including phenoxy) is 2. The number of benzene rings is 1. The molecule has 0 saturated carbocycles. The summed E-state index contributed by atoms with van der Waals surface area (Å²) >= 11 is 4.13. The minimum Gasteiger partial charge on any atom is -0.467 e. The van der Waals surface area contributed by atoms with Crippen LogP contribution in [-0.2, 0) is 41.7 Å². The molecule has 40 heavy (non-hydrogen) atoms. The van der Waals surface area contributed by atoms with Crippen LogP contribution < -0.4 is 16.0 Å². The summed E-state index contributed by atoms with van der Waals surface area (Å²) < 4.78 is 9.97. The average molecular weight is 575 g/mol. The van der Waals surface area contributed by atoms with E-state index in [-0.39, 0.29) is 18.8 Å². The van der Waals surface area contributed by atoms with Crippen molar-refractivity contribution in [2.24, 2.45) is 0 Å². The van der Waals surface area contributed by atoms with Gasteiger partial charge in [-0.05, 0) is 25.3 Å². The zero-order chi connectivity index (χ0) is 29.1. The zero-order valence-electron chi connectivity index (χ0n) is 22.3. The van der Waals surface area contributed by atoms with Crippen molar-refractivity contribution in [2.75, 3.05) is 19.4 Å². The quantitative estimate of drug-likeness (QED) is 0.178. The highest BCUT2D eigenvalue weighted by atomic mass is 32.1. The summed E-state index contributed by atoms with van der Waals surface area (Å²) in [6, 6.07) is 5.21.